The number of nitrogens with zero attached hydrogens (tertiary/aromatic N) is 4. The number of piperazine rings is 1. The first-order valence-corrected chi connectivity index (χ1v) is 10.5. The molecule has 1 fully saturated rings. The molecule has 0 bridgehead atoms. The first-order valence-electron chi connectivity index (χ1n) is 10.5. The standard InChI is InChI=1S/C22H26FN5/c1-2-26-10-12-27(13-11-26)22-18-8-3-4-9-19(18)24-21-15-20(25-28(21)22)16-6-5-7-17(23)14-16/h5-7,14-15H,2-4,8-13H2,1H3/p+1. The fourth-order valence-corrected chi connectivity index (χ4v) is 4.63. The molecular weight excluding hydrogens is 353 g/mol. The third kappa shape index (κ3) is 3.05. The van der Waals surface area contributed by atoms with Gasteiger partial charge in [-0.15, -0.1) is 0 Å². The Morgan fingerprint density at radius 3 is 2.71 bits per heavy atom. The monoisotopic (exact) mass is 380 g/mol. The summed E-state index contributed by atoms with van der Waals surface area (Å²) < 4.78 is 15.7. The lowest BCUT2D eigenvalue weighted by Gasteiger charge is -2.35. The number of quaternary nitrogens is 1. The molecule has 2 aromatic heterocycles. The zero-order valence-electron chi connectivity index (χ0n) is 16.4. The normalized spacial score (nSPS) is 17.9. The van der Waals surface area contributed by atoms with E-state index in [9.17, 15) is 4.39 Å². The molecule has 1 aliphatic carbocycles. The lowest BCUT2D eigenvalue weighted by Crippen LogP contribution is -3.14. The van der Waals surface area contributed by atoms with Crippen LogP contribution in [0, 0.1) is 5.82 Å². The van der Waals surface area contributed by atoms with Gasteiger partial charge in [0.1, 0.15) is 11.6 Å². The van der Waals surface area contributed by atoms with E-state index >= 15 is 0 Å². The van der Waals surface area contributed by atoms with Gasteiger partial charge in [-0.1, -0.05) is 12.1 Å². The van der Waals surface area contributed by atoms with Crippen molar-refractivity contribution >= 4 is 11.5 Å². The number of aromatic nitrogens is 3. The van der Waals surface area contributed by atoms with E-state index in [-0.39, 0.29) is 5.82 Å². The first-order chi connectivity index (χ1) is 13.7. The Labute approximate surface area is 164 Å². The van der Waals surface area contributed by atoms with Gasteiger partial charge in [-0.25, -0.2) is 9.37 Å². The van der Waals surface area contributed by atoms with Gasteiger partial charge in [0.25, 0.3) is 0 Å². The van der Waals surface area contributed by atoms with E-state index in [0.717, 1.165) is 55.9 Å². The maximum Gasteiger partial charge on any atom is 0.158 e. The molecule has 6 heteroatoms. The second-order valence-electron chi connectivity index (χ2n) is 7.97. The van der Waals surface area contributed by atoms with Crippen molar-refractivity contribution in [2.45, 2.75) is 32.6 Å². The third-order valence-electron chi connectivity index (χ3n) is 6.24. The molecule has 1 aliphatic heterocycles. The van der Waals surface area contributed by atoms with Crippen molar-refractivity contribution in [1.29, 1.82) is 0 Å². The van der Waals surface area contributed by atoms with E-state index in [4.69, 9.17) is 10.1 Å². The van der Waals surface area contributed by atoms with Crippen molar-refractivity contribution in [2.24, 2.45) is 0 Å². The van der Waals surface area contributed by atoms with Gasteiger partial charge in [-0.2, -0.15) is 9.61 Å². The SMILES string of the molecule is CC[NH+]1CCN(c2c3c(nc4cc(-c5cccc(F)c5)nn24)CCCC3)CC1. The van der Waals surface area contributed by atoms with Crippen molar-refractivity contribution in [3.63, 3.8) is 0 Å². The molecule has 3 aromatic rings. The quantitative estimate of drug-likeness (QED) is 0.757. The van der Waals surface area contributed by atoms with Crippen molar-refractivity contribution in [3.05, 3.63) is 47.4 Å². The minimum Gasteiger partial charge on any atom is -0.345 e. The highest BCUT2D eigenvalue weighted by Crippen LogP contribution is 2.32. The molecule has 0 unspecified atom stereocenters. The van der Waals surface area contributed by atoms with E-state index in [2.05, 4.69) is 11.8 Å². The van der Waals surface area contributed by atoms with Crippen molar-refractivity contribution in [2.75, 3.05) is 37.6 Å². The second-order valence-corrected chi connectivity index (χ2v) is 7.97. The molecular formula is C22H27FN5+. The molecule has 1 saturated heterocycles. The average molecular weight is 380 g/mol. The largest absolute Gasteiger partial charge is 0.345 e. The van der Waals surface area contributed by atoms with Crippen LogP contribution in [0.5, 0.6) is 0 Å². The molecule has 28 heavy (non-hydrogen) atoms. The molecule has 0 radical (unpaired) electrons. The second kappa shape index (κ2) is 7.17. The molecule has 0 saturated carbocycles. The molecule has 2 aliphatic rings. The summed E-state index contributed by atoms with van der Waals surface area (Å²) in [6.07, 6.45) is 4.53. The van der Waals surface area contributed by atoms with Crippen LogP contribution in [0.2, 0.25) is 0 Å². The highest BCUT2D eigenvalue weighted by molar-refractivity contribution is 5.67. The molecule has 5 nitrogen and oxygen atoms in total. The molecule has 0 spiro atoms. The Kier molecular flexibility index (Phi) is 4.51. The number of fused-ring (bicyclic) bond motifs is 2. The molecule has 3 heterocycles. The maximum absolute atomic E-state index is 13.7. The number of anilines is 1. The van der Waals surface area contributed by atoms with E-state index in [1.54, 1.807) is 17.0 Å². The molecule has 1 N–H and O–H groups in total. The van der Waals surface area contributed by atoms with Crippen LogP contribution < -0.4 is 9.80 Å². The summed E-state index contributed by atoms with van der Waals surface area (Å²) in [6, 6.07) is 8.66. The van der Waals surface area contributed by atoms with Crippen molar-refractivity contribution in [1.82, 2.24) is 14.6 Å². The zero-order valence-corrected chi connectivity index (χ0v) is 16.4. The third-order valence-corrected chi connectivity index (χ3v) is 6.24. The van der Waals surface area contributed by atoms with Gasteiger partial charge in [0.15, 0.2) is 5.65 Å². The fraction of sp³-hybridized carbons (Fsp3) is 0.455. The predicted octanol–water partition coefficient (Wildman–Crippen LogP) is 2.14. The lowest BCUT2D eigenvalue weighted by molar-refractivity contribution is -0.898. The predicted molar refractivity (Wildman–Crippen MR) is 108 cm³/mol. The van der Waals surface area contributed by atoms with Crippen LogP contribution in [0.1, 0.15) is 31.0 Å². The van der Waals surface area contributed by atoms with Crippen LogP contribution in [0.4, 0.5) is 10.2 Å². The van der Waals surface area contributed by atoms with Gasteiger partial charge in [0.05, 0.1) is 38.4 Å². The Hall–Kier alpha value is -2.47. The van der Waals surface area contributed by atoms with E-state index in [0.29, 0.717) is 0 Å². The minimum absolute atomic E-state index is 0.235. The van der Waals surface area contributed by atoms with Crippen molar-refractivity contribution in [3.8, 4) is 11.3 Å². The molecule has 5 rings (SSSR count). The van der Waals surface area contributed by atoms with Gasteiger partial charge in [-0.05, 0) is 44.7 Å². The first kappa shape index (κ1) is 17.6. The summed E-state index contributed by atoms with van der Waals surface area (Å²) in [5.41, 5.74) is 5.06. The van der Waals surface area contributed by atoms with E-state index < -0.39 is 0 Å². The number of hydrogen-bond acceptors (Lipinski definition) is 3. The summed E-state index contributed by atoms with van der Waals surface area (Å²) in [6.45, 7) is 7.85. The summed E-state index contributed by atoms with van der Waals surface area (Å²) >= 11 is 0. The number of halogens is 1. The molecule has 146 valence electrons. The number of rotatable bonds is 3. The number of nitrogens with one attached hydrogen (secondary N) is 1. The summed E-state index contributed by atoms with van der Waals surface area (Å²) in [5.74, 6) is 0.984. The number of benzene rings is 1. The van der Waals surface area contributed by atoms with Gasteiger partial charge in [-0.3, -0.25) is 0 Å². The highest BCUT2D eigenvalue weighted by atomic mass is 19.1. The van der Waals surface area contributed by atoms with Gasteiger partial charge < -0.3 is 9.80 Å². The Balaban J connectivity index is 1.64. The van der Waals surface area contributed by atoms with Crippen LogP contribution in [-0.2, 0) is 12.8 Å². The Morgan fingerprint density at radius 2 is 1.93 bits per heavy atom. The zero-order chi connectivity index (χ0) is 19.1. The Morgan fingerprint density at radius 1 is 1.11 bits per heavy atom. The van der Waals surface area contributed by atoms with Crippen LogP contribution in [0.25, 0.3) is 16.9 Å². The smallest absolute Gasteiger partial charge is 0.158 e. The van der Waals surface area contributed by atoms with Crippen LogP contribution in [0.15, 0.2) is 30.3 Å². The highest BCUT2D eigenvalue weighted by Gasteiger charge is 2.27. The van der Waals surface area contributed by atoms with Gasteiger partial charge >= 0.3 is 0 Å². The molecule has 0 amide bonds. The minimum atomic E-state index is -0.235. The summed E-state index contributed by atoms with van der Waals surface area (Å²) in [7, 11) is 0. The average Bonchev–Trinajstić information content (AvgIpc) is 3.16. The van der Waals surface area contributed by atoms with Crippen LogP contribution >= 0.6 is 0 Å². The van der Waals surface area contributed by atoms with Crippen LogP contribution in [0.3, 0.4) is 0 Å². The molecule has 1 aromatic carbocycles. The topological polar surface area (TPSA) is 37.9 Å². The maximum atomic E-state index is 13.7. The van der Waals surface area contributed by atoms with E-state index in [1.165, 1.54) is 42.5 Å². The number of aryl methyl sites for hydroxylation is 1. The summed E-state index contributed by atoms with van der Waals surface area (Å²) in [5, 5.41) is 4.89. The van der Waals surface area contributed by atoms with Crippen molar-refractivity contribution < 1.29 is 9.29 Å². The lowest BCUT2D eigenvalue weighted by atomic mass is 9.96. The Bertz CT molecular complexity index is 1000. The molecule has 0 atom stereocenters. The van der Waals surface area contributed by atoms with Gasteiger partial charge in [0, 0.05) is 22.9 Å². The summed E-state index contributed by atoms with van der Waals surface area (Å²) in [4.78, 5) is 9.11. The van der Waals surface area contributed by atoms with Gasteiger partial charge in [0.2, 0.25) is 0 Å². The van der Waals surface area contributed by atoms with Crippen LogP contribution in [-0.4, -0.2) is 47.3 Å². The number of hydrogen-bond donors (Lipinski definition) is 1. The fourth-order valence-electron chi connectivity index (χ4n) is 4.63. The number of likely N-dealkylation sites (N-methyl/N-ethyl adjacent to an activating group) is 1. The van der Waals surface area contributed by atoms with E-state index in [1.807, 2.05) is 16.6 Å².